The summed E-state index contributed by atoms with van der Waals surface area (Å²) < 4.78 is 17.0. The van der Waals surface area contributed by atoms with Crippen LogP contribution in [0.25, 0.3) is 0 Å². The number of nitrogens with zero attached hydrogens (tertiary/aromatic N) is 1. The highest BCUT2D eigenvalue weighted by molar-refractivity contribution is 9.10. The second-order valence-electron chi connectivity index (χ2n) is 3.06. The van der Waals surface area contributed by atoms with Gasteiger partial charge in [-0.25, -0.2) is 9.37 Å². The average Bonchev–Trinajstić information content (AvgIpc) is 2.35. The van der Waals surface area contributed by atoms with Gasteiger partial charge in [0.1, 0.15) is 16.3 Å². The fraction of sp³-hybridized carbons (Fsp3) is 0.300. The van der Waals surface area contributed by atoms with Gasteiger partial charge in [-0.3, -0.25) is 9.59 Å². The summed E-state index contributed by atoms with van der Waals surface area (Å²) in [5.41, 5.74) is 0.0796. The van der Waals surface area contributed by atoms with Crippen molar-refractivity contribution in [3.63, 3.8) is 0 Å². The average molecular weight is 305 g/mol. The first kappa shape index (κ1) is 13.6. The number of methoxy groups -OCH3 is 1. The quantitative estimate of drug-likeness (QED) is 0.662. The van der Waals surface area contributed by atoms with Crippen molar-refractivity contribution in [1.82, 2.24) is 10.3 Å². The molecule has 5 nitrogen and oxygen atoms in total. The molecule has 0 saturated carbocycles. The number of aromatic nitrogens is 1. The Hall–Kier alpha value is -1.50. The molecule has 0 aliphatic heterocycles. The number of alkyl halides is 1. The molecule has 1 aromatic rings. The highest BCUT2D eigenvalue weighted by Crippen LogP contribution is 2.02. The van der Waals surface area contributed by atoms with Crippen LogP contribution in [-0.2, 0) is 9.53 Å². The number of hydrogen-bond donors (Lipinski definition) is 1. The predicted molar refractivity (Wildman–Crippen MR) is 61.3 cm³/mol. The van der Waals surface area contributed by atoms with Gasteiger partial charge in [0.25, 0.3) is 5.91 Å². The Bertz CT molecular complexity index is 411. The Labute approximate surface area is 105 Å². The molecule has 1 atom stereocenters. The van der Waals surface area contributed by atoms with Crippen molar-refractivity contribution in [2.45, 2.75) is 4.83 Å². The molecule has 1 rings (SSSR count). The van der Waals surface area contributed by atoms with Gasteiger partial charge in [-0.1, -0.05) is 15.9 Å². The number of hydrogen-bond acceptors (Lipinski definition) is 4. The van der Waals surface area contributed by atoms with Gasteiger partial charge in [-0.05, 0) is 12.1 Å². The standard InChI is InChI=1S/C10H10BrFN2O3/c1-17-10(16)7(11)5-14-9(15)8-3-2-6(12)4-13-8/h2-4,7H,5H2,1H3,(H,14,15). The molecule has 0 spiro atoms. The molecule has 92 valence electrons. The second kappa shape index (κ2) is 6.29. The second-order valence-corrected chi connectivity index (χ2v) is 4.17. The molecule has 0 saturated heterocycles. The van der Waals surface area contributed by atoms with E-state index in [0.717, 1.165) is 12.3 Å². The van der Waals surface area contributed by atoms with Crippen molar-refractivity contribution in [1.29, 1.82) is 0 Å². The van der Waals surface area contributed by atoms with Crippen LogP contribution in [0.3, 0.4) is 0 Å². The van der Waals surface area contributed by atoms with Crippen molar-refractivity contribution < 1.29 is 18.7 Å². The fourth-order valence-electron chi connectivity index (χ4n) is 0.994. The van der Waals surface area contributed by atoms with Crippen LogP contribution in [0.15, 0.2) is 18.3 Å². The van der Waals surface area contributed by atoms with E-state index >= 15 is 0 Å². The number of nitrogens with one attached hydrogen (secondary N) is 1. The third-order valence-electron chi connectivity index (χ3n) is 1.86. The summed E-state index contributed by atoms with van der Waals surface area (Å²) in [6, 6.07) is 2.39. The zero-order valence-electron chi connectivity index (χ0n) is 8.94. The monoisotopic (exact) mass is 304 g/mol. The van der Waals surface area contributed by atoms with Gasteiger partial charge < -0.3 is 10.1 Å². The summed E-state index contributed by atoms with van der Waals surface area (Å²) in [4.78, 5) is 25.5. The molecule has 1 heterocycles. The number of esters is 1. The van der Waals surface area contributed by atoms with Crippen LogP contribution < -0.4 is 5.32 Å². The number of pyridine rings is 1. The van der Waals surface area contributed by atoms with Gasteiger partial charge in [-0.15, -0.1) is 0 Å². The van der Waals surface area contributed by atoms with Gasteiger partial charge in [0.2, 0.25) is 0 Å². The maximum atomic E-state index is 12.6. The fourth-order valence-corrected chi connectivity index (χ4v) is 1.34. The van der Waals surface area contributed by atoms with E-state index in [1.807, 2.05) is 0 Å². The van der Waals surface area contributed by atoms with Crippen molar-refractivity contribution in [2.75, 3.05) is 13.7 Å². The summed E-state index contributed by atoms with van der Waals surface area (Å²) in [6.45, 7) is 0.0601. The SMILES string of the molecule is COC(=O)C(Br)CNC(=O)c1ccc(F)cn1. The van der Waals surface area contributed by atoms with Crippen LogP contribution in [0.2, 0.25) is 0 Å². The van der Waals surface area contributed by atoms with Crippen LogP contribution in [-0.4, -0.2) is 35.3 Å². The van der Waals surface area contributed by atoms with Crippen molar-refractivity contribution in [3.8, 4) is 0 Å². The predicted octanol–water partition coefficient (Wildman–Crippen LogP) is 0.887. The number of carbonyl (C=O) groups excluding carboxylic acids is 2. The van der Waals surface area contributed by atoms with Gasteiger partial charge >= 0.3 is 5.97 Å². The number of ether oxygens (including phenoxy) is 1. The maximum Gasteiger partial charge on any atom is 0.321 e. The molecule has 0 aromatic carbocycles. The largest absolute Gasteiger partial charge is 0.468 e. The molecule has 7 heteroatoms. The summed E-state index contributed by atoms with van der Waals surface area (Å²) in [7, 11) is 1.25. The highest BCUT2D eigenvalue weighted by Gasteiger charge is 2.16. The third kappa shape index (κ3) is 4.10. The number of halogens is 2. The van der Waals surface area contributed by atoms with E-state index in [0.29, 0.717) is 0 Å². The Balaban J connectivity index is 2.50. The van der Waals surface area contributed by atoms with E-state index in [2.05, 4.69) is 31.0 Å². The first-order valence-corrected chi connectivity index (χ1v) is 5.58. The number of rotatable bonds is 4. The smallest absolute Gasteiger partial charge is 0.321 e. The van der Waals surface area contributed by atoms with Crippen LogP contribution >= 0.6 is 15.9 Å². The van der Waals surface area contributed by atoms with E-state index in [1.165, 1.54) is 13.2 Å². The maximum absolute atomic E-state index is 12.6. The van der Waals surface area contributed by atoms with Crippen LogP contribution in [0.1, 0.15) is 10.5 Å². The summed E-state index contributed by atoms with van der Waals surface area (Å²) in [5, 5.41) is 2.46. The van der Waals surface area contributed by atoms with Gasteiger partial charge in [-0.2, -0.15) is 0 Å². The Morgan fingerprint density at radius 2 is 2.29 bits per heavy atom. The minimum absolute atomic E-state index is 0.0601. The zero-order valence-corrected chi connectivity index (χ0v) is 10.5. The minimum Gasteiger partial charge on any atom is -0.468 e. The van der Waals surface area contributed by atoms with E-state index in [4.69, 9.17) is 0 Å². The van der Waals surface area contributed by atoms with E-state index in [1.54, 1.807) is 0 Å². The van der Waals surface area contributed by atoms with Crippen LogP contribution in [0, 0.1) is 5.82 Å². The lowest BCUT2D eigenvalue weighted by atomic mass is 10.3. The van der Waals surface area contributed by atoms with E-state index < -0.39 is 22.5 Å². The lowest BCUT2D eigenvalue weighted by Crippen LogP contribution is -2.34. The summed E-state index contributed by atoms with van der Waals surface area (Å²) in [5.74, 6) is -1.50. The topological polar surface area (TPSA) is 68.3 Å². The van der Waals surface area contributed by atoms with Crippen molar-refractivity contribution >= 4 is 27.8 Å². The van der Waals surface area contributed by atoms with Crippen molar-refractivity contribution in [2.24, 2.45) is 0 Å². The molecule has 0 radical (unpaired) electrons. The van der Waals surface area contributed by atoms with Gasteiger partial charge in [0, 0.05) is 6.54 Å². The van der Waals surface area contributed by atoms with Gasteiger partial charge in [0.05, 0.1) is 13.3 Å². The lowest BCUT2D eigenvalue weighted by molar-refractivity contribution is -0.139. The summed E-state index contributed by atoms with van der Waals surface area (Å²) in [6.07, 6.45) is 0.945. The van der Waals surface area contributed by atoms with E-state index in [-0.39, 0.29) is 12.2 Å². The molecule has 0 aliphatic rings. The van der Waals surface area contributed by atoms with Crippen molar-refractivity contribution in [3.05, 3.63) is 29.8 Å². The first-order valence-electron chi connectivity index (χ1n) is 4.66. The molecule has 1 N–H and O–H groups in total. The molecule has 0 fully saturated rings. The molecular formula is C10H10BrFN2O3. The van der Waals surface area contributed by atoms with E-state index in [9.17, 15) is 14.0 Å². The molecule has 0 aliphatic carbocycles. The Morgan fingerprint density at radius 3 is 2.82 bits per heavy atom. The van der Waals surface area contributed by atoms with Crippen LogP contribution in [0.4, 0.5) is 4.39 Å². The molecule has 1 aromatic heterocycles. The highest BCUT2D eigenvalue weighted by atomic mass is 79.9. The lowest BCUT2D eigenvalue weighted by Gasteiger charge is -2.08. The summed E-state index contributed by atoms with van der Waals surface area (Å²) >= 11 is 3.05. The molecule has 1 amide bonds. The first-order chi connectivity index (χ1) is 8.04. The Kier molecular flexibility index (Phi) is 5.02. The third-order valence-corrected chi connectivity index (χ3v) is 2.56. The Morgan fingerprint density at radius 1 is 1.59 bits per heavy atom. The zero-order chi connectivity index (χ0) is 12.8. The minimum atomic E-state index is -0.628. The number of carbonyl (C=O) groups is 2. The molecular weight excluding hydrogens is 295 g/mol. The number of amides is 1. The van der Waals surface area contributed by atoms with Crippen LogP contribution in [0.5, 0.6) is 0 Å². The normalized spacial score (nSPS) is 11.7. The molecule has 1 unspecified atom stereocenters. The molecule has 17 heavy (non-hydrogen) atoms. The molecule has 0 bridgehead atoms. The van der Waals surface area contributed by atoms with Gasteiger partial charge in [0.15, 0.2) is 0 Å².